The number of nitrogens with zero attached hydrogens (tertiary/aromatic N) is 1. The van der Waals surface area contributed by atoms with Gasteiger partial charge in [-0.1, -0.05) is 31.2 Å². The summed E-state index contributed by atoms with van der Waals surface area (Å²) < 4.78 is 5.71. The van der Waals surface area contributed by atoms with Crippen molar-refractivity contribution in [3.63, 3.8) is 0 Å². The highest BCUT2D eigenvalue weighted by Gasteiger charge is 2.19. The summed E-state index contributed by atoms with van der Waals surface area (Å²) in [7, 11) is 4.23. The normalized spacial score (nSPS) is 20.5. The minimum absolute atomic E-state index is 0.382. The maximum atomic E-state index is 5.71. The third-order valence-electron chi connectivity index (χ3n) is 4.17. The summed E-state index contributed by atoms with van der Waals surface area (Å²) in [6.45, 7) is 5.18. The molecule has 1 fully saturated rings. The minimum atomic E-state index is 0.382. The summed E-state index contributed by atoms with van der Waals surface area (Å²) in [5.74, 6) is 0. The van der Waals surface area contributed by atoms with Crippen LogP contribution in [-0.2, 0) is 11.2 Å². The second-order valence-electron chi connectivity index (χ2n) is 5.79. The molecule has 1 aliphatic rings. The van der Waals surface area contributed by atoms with Crippen LogP contribution in [0.2, 0.25) is 0 Å². The first-order valence-electron chi connectivity index (χ1n) is 7.79. The Labute approximate surface area is 123 Å². The fraction of sp³-hybridized carbons (Fsp3) is 0.647. The van der Waals surface area contributed by atoms with Gasteiger partial charge in [0.05, 0.1) is 6.10 Å². The van der Waals surface area contributed by atoms with Crippen LogP contribution in [0.5, 0.6) is 0 Å². The Kier molecular flexibility index (Phi) is 6.02. The number of ether oxygens (including phenoxy) is 1. The van der Waals surface area contributed by atoms with E-state index in [-0.39, 0.29) is 0 Å². The van der Waals surface area contributed by atoms with Gasteiger partial charge in [-0.05, 0) is 44.5 Å². The van der Waals surface area contributed by atoms with Crippen molar-refractivity contribution in [2.75, 3.05) is 33.8 Å². The molecule has 1 aromatic carbocycles. The molecule has 3 nitrogen and oxygen atoms in total. The van der Waals surface area contributed by atoms with Gasteiger partial charge in [-0.15, -0.1) is 0 Å². The molecule has 0 saturated carbocycles. The molecule has 2 rings (SSSR count). The molecule has 1 N–H and O–H groups in total. The second-order valence-corrected chi connectivity index (χ2v) is 5.79. The van der Waals surface area contributed by atoms with Gasteiger partial charge in [0, 0.05) is 25.7 Å². The van der Waals surface area contributed by atoms with Crippen molar-refractivity contribution >= 4 is 0 Å². The van der Waals surface area contributed by atoms with Gasteiger partial charge < -0.3 is 15.0 Å². The van der Waals surface area contributed by atoms with E-state index in [4.69, 9.17) is 4.74 Å². The molecule has 2 unspecified atom stereocenters. The Morgan fingerprint density at radius 2 is 2.10 bits per heavy atom. The van der Waals surface area contributed by atoms with Crippen molar-refractivity contribution in [3.05, 3.63) is 35.4 Å². The third kappa shape index (κ3) is 4.30. The molecular formula is C17H28N2O. The number of aryl methyl sites for hydroxylation is 1. The van der Waals surface area contributed by atoms with Crippen LogP contribution in [0, 0.1) is 0 Å². The lowest BCUT2D eigenvalue weighted by Gasteiger charge is -2.26. The highest BCUT2D eigenvalue weighted by atomic mass is 16.5. The average molecular weight is 276 g/mol. The number of benzene rings is 1. The van der Waals surface area contributed by atoms with Gasteiger partial charge >= 0.3 is 0 Å². The molecule has 112 valence electrons. The molecule has 1 saturated heterocycles. The standard InChI is InChI=1S/C17H28N2O/c1-4-14-7-9-15(10-8-14)17(18-2)13-19(3)12-16-6-5-11-20-16/h7-10,16-18H,4-6,11-13H2,1-3H3. The fourth-order valence-electron chi connectivity index (χ4n) is 2.87. The van der Waals surface area contributed by atoms with Crippen LogP contribution >= 0.6 is 0 Å². The van der Waals surface area contributed by atoms with Crippen LogP contribution in [0.1, 0.15) is 36.9 Å². The van der Waals surface area contributed by atoms with E-state index in [1.54, 1.807) is 0 Å². The van der Waals surface area contributed by atoms with Crippen LogP contribution in [0.4, 0.5) is 0 Å². The predicted molar refractivity (Wildman–Crippen MR) is 84.1 cm³/mol. The first-order chi connectivity index (χ1) is 9.72. The first kappa shape index (κ1) is 15.5. The number of hydrogen-bond donors (Lipinski definition) is 1. The molecule has 1 aliphatic heterocycles. The maximum Gasteiger partial charge on any atom is 0.0702 e. The van der Waals surface area contributed by atoms with Gasteiger partial charge in [0.15, 0.2) is 0 Å². The summed E-state index contributed by atoms with van der Waals surface area (Å²) in [5.41, 5.74) is 2.76. The second kappa shape index (κ2) is 7.77. The van der Waals surface area contributed by atoms with Gasteiger partial charge in [0.1, 0.15) is 0 Å². The smallest absolute Gasteiger partial charge is 0.0702 e. The molecule has 0 amide bonds. The van der Waals surface area contributed by atoms with E-state index in [9.17, 15) is 0 Å². The fourth-order valence-corrected chi connectivity index (χ4v) is 2.87. The molecule has 0 aliphatic carbocycles. The lowest BCUT2D eigenvalue weighted by Crippen LogP contribution is -2.35. The van der Waals surface area contributed by atoms with Gasteiger partial charge in [-0.3, -0.25) is 0 Å². The van der Waals surface area contributed by atoms with Crippen LogP contribution in [0.25, 0.3) is 0 Å². The number of hydrogen-bond acceptors (Lipinski definition) is 3. The van der Waals surface area contributed by atoms with E-state index in [0.29, 0.717) is 12.1 Å². The Balaban J connectivity index is 1.89. The zero-order valence-corrected chi connectivity index (χ0v) is 13.1. The first-order valence-corrected chi connectivity index (χ1v) is 7.79. The van der Waals surface area contributed by atoms with E-state index < -0.39 is 0 Å². The van der Waals surface area contributed by atoms with E-state index in [0.717, 1.165) is 26.1 Å². The predicted octanol–water partition coefficient (Wildman–Crippen LogP) is 2.62. The van der Waals surface area contributed by atoms with Crippen molar-refractivity contribution in [2.24, 2.45) is 0 Å². The van der Waals surface area contributed by atoms with Crippen molar-refractivity contribution in [1.82, 2.24) is 10.2 Å². The molecule has 20 heavy (non-hydrogen) atoms. The Hall–Kier alpha value is -0.900. The average Bonchev–Trinajstić information content (AvgIpc) is 2.97. The van der Waals surface area contributed by atoms with E-state index >= 15 is 0 Å². The lowest BCUT2D eigenvalue weighted by atomic mass is 10.0. The monoisotopic (exact) mass is 276 g/mol. The van der Waals surface area contributed by atoms with Crippen LogP contribution in [0.15, 0.2) is 24.3 Å². The number of nitrogens with one attached hydrogen (secondary N) is 1. The largest absolute Gasteiger partial charge is 0.377 e. The zero-order chi connectivity index (χ0) is 14.4. The van der Waals surface area contributed by atoms with Crippen molar-refractivity contribution in [2.45, 2.75) is 38.3 Å². The zero-order valence-electron chi connectivity index (χ0n) is 13.1. The summed E-state index contributed by atoms with van der Waals surface area (Å²) in [6, 6.07) is 9.35. The summed E-state index contributed by atoms with van der Waals surface area (Å²) >= 11 is 0. The lowest BCUT2D eigenvalue weighted by molar-refractivity contribution is 0.0787. The third-order valence-corrected chi connectivity index (χ3v) is 4.17. The van der Waals surface area contributed by atoms with Gasteiger partial charge in [-0.2, -0.15) is 0 Å². The molecule has 3 heteroatoms. The number of rotatable bonds is 7. The molecule has 0 bridgehead atoms. The molecule has 0 radical (unpaired) electrons. The summed E-state index contributed by atoms with van der Waals surface area (Å²) in [6.07, 6.45) is 3.95. The van der Waals surface area contributed by atoms with Crippen molar-refractivity contribution in [3.8, 4) is 0 Å². The van der Waals surface area contributed by atoms with Crippen LogP contribution in [0.3, 0.4) is 0 Å². The molecule has 1 heterocycles. The van der Waals surface area contributed by atoms with Crippen LogP contribution < -0.4 is 5.32 Å². The highest BCUT2D eigenvalue weighted by molar-refractivity contribution is 5.25. The highest BCUT2D eigenvalue weighted by Crippen LogP contribution is 2.17. The summed E-state index contributed by atoms with van der Waals surface area (Å²) in [5, 5.41) is 3.43. The Bertz CT molecular complexity index is 384. The molecule has 0 aromatic heterocycles. The maximum absolute atomic E-state index is 5.71. The van der Waals surface area contributed by atoms with Crippen molar-refractivity contribution < 1.29 is 4.74 Å². The van der Waals surface area contributed by atoms with E-state index in [1.165, 1.54) is 24.0 Å². The molecule has 0 spiro atoms. The minimum Gasteiger partial charge on any atom is -0.377 e. The van der Waals surface area contributed by atoms with Crippen LogP contribution in [-0.4, -0.2) is 44.8 Å². The quantitative estimate of drug-likeness (QED) is 0.828. The van der Waals surface area contributed by atoms with Gasteiger partial charge in [0.2, 0.25) is 0 Å². The van der Waals surface area contributed by atoms with Gasteiger partial charge in [-0.25, -0.2) is 0 Å². The Morgan fingerprint density at radius 1 is 1.35 bits per heavy atom. The number of likely N-dealkylation sites (N-methyl/N-ethyl adjacent to an activating group) is 2. The van der Waals surface area contributed by atoms with Crippen molar-refractivity contribution in [1.29, 1.82) is 0 Å². The van der Waals surface area contributed by atoms with E-state index in [2.05, 4.69) is 48.5 Å². The molecular weight excluding hydrogens is 248 g/mol. The van der Waals surface area contributed by atoms with E-state index in [1.807, 2.05) is 7.05 Å². The molecule has 1 aromatic rings. The summed E-state index contributed by atoms with van der Waals surface area (Å²) in [4.78, 5) is 2.38. The topological polar surface area (TPSA) is 24.5 Å². The SMILES string of the molecule is CCc1ccc(C(CN(C)CC2CCCO2)NC)cc1. The Morgan fingerprint density at radius 3 is 2.65 bits per heavy atom. The molecule has 2 atom stereocenters. The van der Waals surface area contributed by atoms with Gasteiger partial charge in [0.25, 0.3) is 0 Å².